The third kappa shape index (κ3) is 1.62. The van der Waals surface area contributed by atoms with E-state index in [0.29, 0.717) is 4.47 Å². The summed E-state index contributed by atoms with van der Waals surface area (Å²) in [6.45, 7) is 0. The van der Waals surface area contributed by atoms with Crippen molar-refractivity contribution in [1.82, 2.24) is 10.2 Å². The van der Waals surface area contributed by atoms with E-state index < -0.39 is 5.82 Å². The first kappa shape index (κ1) is 9.54. The molecule has 0 fully saturated rings. The Hall–Kier alpha value is -1.01. The lowest BCUT2D eigenvalue weighted by Gasteiger charge is -1.98. The van der Waals surface area contributed by atoms with E-state index in [-0.39, 0.29) is 16.3 Å². The molecular formula is C8H4BrFN2OS. The van der Waals surface area contributed by atoms with Gasteiger partial charge in [-0.05, 0) is 40.3 Å². The lowest BCUT2D eigenvalue weighted by molar-refractivity contribution is 0.542. The second kappa shape index (κ2) is 3.62. The van der Waals surface area contributed by atoms with E-state index in [0.717, 1.165) is 0 Å². The first-order valence-electron chi connectivity index (χ1n) is 3.68. The normalized spacial score (nSPS) is 10.4. The average molecular weight is 275 g/mol. The molecule has 1 aromatic heterocycles. The van der Waals surface area contributed by atoms with Gasteiger partial charge in [0.05, 0.1) is 10.0 Å². The summed E-state index contributed by atoms with van der Waals surface area (Å²) in [6, 6.07) is 4.85. The topological polar surface area (TPSA) is 41.8 Å². The molecule has 72 valence electrons. The van der Waals surface area contributed by atoms with Gasteiger partial charge >= 0.3 is 0 Å². The zero-order valence-electron chi connectivity index (χ0n) is 6.75. The van der Waals surface area contributed by atoms with Crippen LogP contribution in [-0.4, -0.2) is 10.2 Å². The van der Waals surface area contributed by atoms with Crippen molar-refractivity contribution in [2.75, 3.05) is 0 Å². The molecule has 0 bridgehead atoms. The quantitative estimate of drug-likeness (QED) is 0.812. The van der Waals surface area contributed by atoms with Gasteiger partial charge in [-0.1, -0.05) is 6.07 Å². The minimum Gasteiger partial charge on any atom is -0.409 e. The number of aromatic nitrogens is 2. The van der Waals surface area contributed by atoms with E-state index in [1.54, 1.807) is 18.2 Å². The summed E-state index contributed by atoms with van der Waals surface area (Å²) in [5.41, 5.74) is 0.270. The van der Waals surface area contributed by atoms with Crippen LogP contribution in [0, 0.1) is 10.7 Å². The summed E-state index contributed by atoms with van der Waals surface area (Å²) >= 11 is 7.76. The molecule has 6 heteroatoms. The standard InChI is InChI=1S/C8H4BrFN2OS/c9-5-3-1-2-4(6(5)10)7-11-12-8(14)13-7/h1-3H,(H,12,14). The summed E-state index contributed by atoms with van der Waals surface area (Å²) in [7, 11) is 0. The monoisotopic (exact) mass is 274 g/mol. The minimum absolute atomic E-state index is 0.124. The van der Waals surface area contributed by atoms with Gasteiger partial charge in [0.15, 0.2) is 0 Å². The van der Waals surface area contributed by atoms with E-state index in [9.17, 15) is 4.39 Å². The molecule has 0 spiro atoms. The van der Waals surface area contributed by atoms with Gasteiger partial charge in [-0.3, -0.25) is 0 Å². The smallest absolute Gasteiger partial charge is 0.284 e. The maximum atomic E-state index is 13.5. The zero-order chi connectivity index (χ0) is 10.1. The van der Waals surface area contributed by atoms with Crippen molar-refractivity contribution in [2.24, 2.45) is 0 Å². The predicted molar refractivity (Wildman–Crippen MR) is 54.8 cm³/mol. The van der Waals surface area contributed by atoms with Crippen LogP contribution in [0.1, 0.15) is 0 Å². The van der Waals surface area contributed by atoms with Gasteiger partial charge in [0.25, 0.3) is 4.84 Å². The van der Waals surface area contributed by atoms with Crippen molar-refractivity contribution in [3.8, 4) is 11.5 Å². The van der Waals surface area contributed by atoms with Gasteiger partial charge in [-0.25, -0.2) is 9.49 Å². The fourth-order valence-electron chi connectivity index (χ4n) is 1.01. The second-order valence-corrected chi connectivity index (χ2v) is 3.74. The molecule has 2 aromatic rings. The van der Waals surface area contributed by atoms with Gasteiger partial charge in [-0.2, -0.15) is 0 Å². The predicted octanol–water partition coefficient (Wildman–Crippen LogP) is 3.30. The number of nitrogens with zero attached hydrogens (tertiary/aromatic N) is 1. The molecule has 1 aromatic carbocycles. The second-order valence-electron chi connectivity index (χ2n) is 2.52. The van der Waals surface area contributed by atoms with Crippen molar-refractivity contribution < 1.29 is 8.81 Å². The van der Waals surface area contributed by atoms with Crippen LogP contribution in [0.15, 0.2) is 27.1 Å². The Bertz CT molecular complexity index is 522. The first-order valence-corrected chi connectivity index (χ1v) is 4.88. The lowest BCUT2D eigenvalue weighted by atomic mass is 10.2. The molecule has 0 aliphatic heterocycles. The molecule has 1 heterocycles. The van der Waals surface area contributed by atoms with Crippen LogP contribution < -0.4 is 0 Å². The third-order valence-electron chi connectivity index (χ3n) is 1.62. The fourth-order valence-corrected chi connectivity index (χ4v) is 1.50. The highest BCUT2D eigenvalue weighted by Crippen LogP contribution is 2.26. The largest absolute Gasteiger partial charge is 0.409 e. The summed E-state index contributed by atoms with van der Waals surface area (Å²) in [5, 5.41) is 6.16. The van der Waals surface area contributed by atoms with Crippen LogP contribution in [-0.2, 0) is 0 Å². The SMILES string of the molecule is Fc1c(Br)cccc1-c1n[nH]c(=S)o1. The molecule has 0 amide bonds. The molecule has 0 saturated heterocycles. The number of rotatable bonds is 1. The molecule has 0 aliphatic carbocycles. The van der Waals surface area contributed by atoms with Gasteiger partial charge in [0.1, 0.15) is 5.82 Å². The summed E-state index contributed by atoms with van der Waals surface area (Å²) < 4.78 is 18.9. The van der Waals surface area contributed by atoms with Crippen LogP contribution >= 0.6 is 28.1 Å². The Morgan fingerprint density at radius 3 is 2.93 bits per heavy atom. The molecule has 2 rings (SSSR count). The van der Waals surface area contributed by atoms with Crippen LogP contribution in [0.25, 0.3) is 11.5 Å². The average Bonchev–Trinajstić information content (AvgIpc) is 2.57. The third-order valence-corrected chi connectivity index (χ3v) is 2.41. The minimum atomic E-state index is -0.419. The molecule has 0 atom stereocenters. The molecule has 0 aliphatic rings. The van der Waals surface area contributed by atoms with Crippen molar-refractivity contribution in [1.29, 1.82) is 0 Å². The molecule has 1 N–H and O–H groups in total. The maximum absolute atomic E-state index is 13.5. The van der Waals surface area contributed by atoms with Crippen LogP contribution in [0.3, 0.4) is 0 Å². The Kier molecular flexibility index (Phi) is 2.47. The van der Waals surface area contributed by atoms with Crippen LogP contribution in [0.4, 0.5) is 4.39 Å². The zero-order valence-corrected chi connectivity index (χ0v) is 9.15. The van der Waals surface area contributed by atoms with E-state index in [1.165, 1.54) is 0 Å². The highest BCUT2D eigenvalue weighted by Gasteiger charge is 2.12. The summed E-state index contributed by atoms with van der Waals surface area (Å²) in [6.07, 6.45) is 0. The van der Waals surface area contributed by atoms with Gasteiger partial charge in [0, 0.05) is 0 Å². The van der Waals surface area contributed by atoms with Gasteiger partial charge in [0.2, 0.25) is 5.89 Å². The Morgan fingerprint density at radius 2 is 2.29 bits per heavy atom. The summed E-state index contributed by atoms with van der Waals surface area (Å²) in [4.78, 5) is 0.124. The number of benzene rings is 1. The number of aromatic amines is 1. The van der Waals surface area contributed by atoms with Gasteiger partial charge in [-0.15, -0.1) is 5.10 Å². The van der Waals surface area contributed by atoms with Crippen molar-refractivity contribution >= 4 is 28.1 Å². The Labute approximate surface area is 92.1 Å². The van der Waals surface area contributed by atoms with E-state index in [1.807, 2.05) is 0 Å². The van der Waals surface area contributed by atoms with Crippen molar-refractivity contribution in [3.63, 3.8) is 0 Å². The number of hydrogen-bond acceptors (Lipinski definition) is 3. The highest BCUT2D eigenvalue weighted by atomic mass is 79.9. The number of nitrogens with one attached hydrogen (secondary N) is 1. The Morgan fingerprint density at radius 1 is 1.50 bits per heavy atom. The Balaban J connectivity index is 2.62. The number of H-pyrrole nitrogens is 1. The molecule has 0 radical (unpaired) electrons. The molecule has 0 unspecified atom stereocenters. The molecular weight excluding hydrogens is 271 g/mol. The van der Waals surface area contributed by atoms with Gasteiger partial charge < -0.3 is 4.42 Å². The maximum Gasteiger partial charge on any atom is 0.284 e. The van der Waals surface area contributed by atoms with Crippen LogP contribution in [0.5, 0.6) is 0 Å². The number of hydrogen-bond donors (Lipinski definition) is 1. The molecule has 3 nitrogen and oxygen atoms in total. The fraction of sp³-hybridized carbons (Fsp3) is 0. The lowest BCUT2D eigenvalue weighted by Crippen LogP contribution is -1.85. The molecule has 0 saturated carbocycles. The van der Waals surface area contributed by atoms with E-state index in [2.05, 4.69) is 26.1 Å². The number of halogens is 2. The summed E-state index contributed by atoms with van der Waals surface area (Å²) in [5.74, 6) is -0.272. The van der Waals surface area contributed by atoms with E-state index >= 15 is 0 Å². The van der Waals surface area contributed by atoms with Crippen molar-refractivity contribution in [2.45, 2.75) is 0 Å². The highest BCUT2D eigenvalue weighted by molar-refractivity contribution is 9.10. The first-order chi connectivity index (χ1) is 6.68. The van der Waals surface area contributed by atoms with E-state index in [4.69, 9.17) is 16.6 Å². The van der Waals surface area contributed by atoms with Crippen LogP contribution in [0.2, 0.25) is 0 Å². The molecule has 14 heavy (non-hydrogen) atoms. The van der Waals surface area contributed by atoms with Crippen molar-refractivity contribution in [3.05, 3.63) is 33.3 Å².